The van der Waals surface area contributed by atoms with Gasteiger partial charge in [0.1, 0.15) is 0 Å². The topological polar surface area (TPSA) is 60.9 Å². The van der Waals surface area contributed by atoms with Crippen molar-refractivity contribution in [1.82, 2.24) is 9.80 Å². The van der Waals surface area contributed by atoms with Crippen LogP contribution in [-0.4, -0.2) is 52.8 Å². The summed E-state index contributed by atoms with van der Waals surface area (Å²) in [5.41, 5.74) is 0.920. The number of Topliss-reactive ketones (excluding diaryl/α,β-unsaturated/α-hetero) is 1. The molecule has 1 aromatic heterocycles. The van der Waals surface area contributed by atoms with Crippen molar-refractivity contribution in [3.8, 4) is 0 Å². The van der Waals surface area contributed by atoms with Crippen molar-refractivity contribution in [3.05, 3.63) is 68.6 Å². The highest BCUT2D eigenvalue weighted by atomic mass is 35.5. The molecule has 1 aromatic carbocycles. The Bertz CT molecular complexity index is 918. The summed E-state index contributed by atoms with van der Waals surface area (Å²) < 4.78 is 0. The quantitative estimate of drug-likeness (QED) is 0.687. The van der Waals surface area contributed by atoms with E-state index in [1.165, 1.54) is 30.6 Å². The van der Waals surface area contributed by atoms with Crippen LogP contribution in [-0.2, 0) is 4.79 Å². The summed E-state index contributed by atoms with van der Waals surface area (Å²) in [7, 11) is 0. The molecule has 1 unspecified atom stereocenters. The molecule has 1 fully saturated rings. The number of amides is 1. The Morgan fingerprint density at radius 1 is 1.10 bits per heavy atom. The Morgan fingerprint density at radius 3 is 2.48 bits per heavy atom. The summed E-state index contributed by atoms with van der Waals surface area (Å²) in [6, 6.07) is 10.0. The number of ketones is 1. The summed E-state index contributed by atoms with van der Waals surface area (Å²) in [5, 5.41) is 13.0. The van der Waals surface area contributed by atoms with Gasteiger partial charge in [0, 0.05) is 18.1 Å². The van der Waals surface area contributed by atoms with Crippen LogP contribution in [0, 0.1) is 0 Å². The number of piperidine rings is 1. The second-order valence-corrected chi connectivity index (χ2v) is 8.81. The Labute approximate surface area is 179 Å². The van der Waals surface area contributed by atoms with Crippen LogP contribution in [0.2, 0.25) is 5.02 Å². The van der Waals surface area contributed by atoms with Gasteiger partial charge in [0.05, 0.1) is 16.5 Å². The molecule has 1 amide bonds. The van der Waals surface area contributed by atoms with Gasteiger partial charge in [-0.15, -0.1) is 11.3 Å². The zero-order valence-electron chi connectivity index (χ0n) is 16.0. The number of hydrogen-bond donors (Lipinski definition) is 1. The first-order chi connectivity index (χ1) is 14.1. The second-order valence-electron chi connectivity index (χ2n) is 7.42. The summed E-state index contributed by atoms with van der Waals surface area (Å²) in [4.78, 5) is 30.5. The third kappa shape index (κ3) is 4.10. The maximum atomic E-state index is 13.1. The zero-order valence-corrected chi connectivity index (χ0v) is 17.6. The van der Waals surface area contributed by atoms with E-state index in [0.29, 0.717) is 16.4 Å². The molecule has 0 saturated carbocycles. The van der Waals surface area contributed by atoms with E-state index in [0.717, 1.165) is 25.2 Å². The lowest BCUT2D eigenvalue weighted by Crippen LogP contribution is -2.40. The fourth-order valence-electron chi connectivity index (χ4n) is 4.08. The monoisotopic (exact) mass is 430 g/mol. The highest BCUT2D eigenvalue weighted by Gasteiger charge is 2.43. The van der Waals surface area contributed by atoms with Gasteiger partial charge in [-0.1, -0.05) is 36.2 Å². The van der Waals surface area contributed by atoms with Gasteiger partial charge < -0.3 is 14.9 Å². The van der Waals surface area contributed by atoms with E-state index in [2.05, 4.69) is 4.90 Å². The van der Waals surface area contributed by atoms with E-state index in [-0.39, 0.29) is 11.4 Å². The molecule has 2 aliphatic heterocycles. The molecule has 0 radical (unpaired) electrons. The van der Waals surface area contributed by atoms with Crippen molar-refractivity contribution in [3.63, 3.8) is 0 Å². The van der Waals surface area contributed by atoms with Gasteiger partial charge in [-0.25, -0.2) is 0 Å². The number of carbonyl (C=O) groups excluding carboxylic acids is 2. The number of halogens is 1. The Balaban J connectivity index is 1.66. The van der Waals surface area contributed by atoms with Crippen LogP contribution in [0.3, 0.4) is 0 Å². The normalized spacial score (nSPS) is 20.5. The number of likely N-dealkylation sites (tertiary alicyclic amines) is 1. The first-order valence-corrected chi connectivity index (χ1v) is 11.1. The molecule has 4 rings (SSSR count). The Morgan fingerprint density at radius 2 is 1.83 bits per heavy atom. The van der Waals surface area contributed by atoms with Crippen molar-refractivity contribution in [2.75, 3.05) is 26.2 Å². The predicted molar refractivity (Wildman–Crippen MR) is 115 cm³/mol. The fourth-order valence-corrected chi connectivity index (χ4v) is 4.88. The van der Waals surface area contributed by atoms with Crippen molar-refractivity contribution < 1.29 is 14.7 Å². The summed E-state index contributed by atoms with van der Waals surface area (Å²) in [6.07, 6.45) is 3.58. The molecule has 2 aliphatic rings. The molecule has 2 aromatic rings. The Hall–Kier alpha value is -2.15. The largest absolute Gasteiger partial charge is 0.503 e. The molecule has 152 valence electrons. The van der Waals surface area contributed by atoms with Crippen molar-refractivity contribution in [2.24, 2.45) is 0 Å². The number of thiophene rings is 1. The van der Waals surface area contributed by atoms with Gasteiger partial charge in [0.15, 0.2) is 5.76 Å². The third-order valence-corrected chi connectivity index (χ3v) is 6.71. The van der Waals surface area contributed by atoms with Gasteiger partial charge in [-0.3, -0.25) is 9.59 Å². The average Bonchev–Trinajstić information content (AvgIpc) is 3.36. The van der Waals surface area contributed by atoms with Crippen molar-refractivity contribution >= 4 is 34.6 Å². The average molecular weight is 431 g/mol. The molecule has 0 aliphatic carbocycles. The highest BCUT2D eigenvalue weighted by Crippen LogP contribution is 2.39. The minimum Gasteiger partial charge on any atom is -0.503 e. The van der Waals surface area contributed by atoms with Crippen molar-refractivity contribution in [2.45, 2.75) is 25.3 Å². The fraction of sp³-hybridized carbons (Fsp3) is 0.364. The second kappa shape index (κ2) is 8.69. The van der Waals surface area contributed by atoms with Crippen LogP contribution in [0.15, 0.2) is 53.1 Å². The van der Waals surface area contributed by atoms with E-state index < -0.39 is 17.7 Å². The molecule has 1 N–H and O–H groups in total. The third-order valence-electron chi connectivity index (χ3n) is 5.58. The van der Waals surface area contributed by atoms with E-state index in [4.69, 9.17) is 11.6 Å². The molecule has 5 nitrogen and oxygen atoms in total. The van der Waals surface area contributed by atoms with E-state index in [1.54, 1.807) is 29.2 Å². The number of carbonyl (C=O) groups is 2. The van der Waals surface area contributed by atoms with Gasteiger partial charge in [0.2, 0.25) is 5.78 Å². The van der Waals surface area contributed by atoms with Crippen LogP contribution in [0.4, 0.5) is 0 Å². The van der Waals surface area contributed by atoms with Gasteiger partial charge in [-0.2, -0.15) is 0 Å². The van der Waals surface area contributed by atoms with Crippen LogP contribution in [0.5, 0.6) is 0 Å². The number of aliphatic hydroxyl groups is 1. The molecular weight excluding hydrogens is 408 g/mol. The first-order valence-electron chi connectivity index (χ1n) is 9.86. The van der Waals surface area contributed by atoms with Gasteiger partial charge in [-0.05, 0) is 55.1 Å². The van der Waals surface area contributed by atoms with Crippen LogP contribution in [0.25, 0.3) is 0 Å². The SMILES string of the molecule is O=C(C1=C(O)C(=O)N(CCN2CCCCC2)C1c1ccc(Cl)cc1)c1cccs1. The lowest BCUT2D eigenvalue weighted by atomic mass is 9.95. The maximum Gasteiger partial charge on any atom is 0.290 e. The minimum atomic E-state index is -0.612. The van der Waals surface area contributed by atoms with E-state index in [9.17, 15) is 14.7 Å². The number of hydrogen-bond acceptors (Lipinski definition) is 5. The van der Waals surface area contributed by atoms with Crippen LogP contribution < -0.4 is 0 Å². The van der Waals surface area contributed by atoms with Crippen molar-refractivity contribution in [1.29, 1.82) is 0 Å². The molecular formula is C22H23ClN2O3S. The lowest BCUT2D eigenvalue weighted by molar-refractivity contribution is -0.129. The predicted octanol–water partition coefficient (Wildman–Crippen LogP) is 4.47. The minimum absolute atomic E-state index is 0.151. The first kappa shape index (κ1) is 20.1. The number of aliphatic hydroxyl groups excluding tert-OH is 1. The molecule has 0 bridgehead atoms. The number of nitrogens with zero attached hydrogens (tertiary/aromatic N) is 2. The molecule has 1 saturated heterocycles. The summed E-state index contributed by atoms with van der Waals surface area (Å²) >= 11 is 7.35. The smallest absolute Gasteiger partial charge is 0.290 e. The summed E-state index contributed by atoms with van der Waals surface area (Å²) in [5.74, 6) is -1.23. The number of rotatable bonds is 6. The zero-order chi connectivity index (χ0) is 20.4. The maximum absolute atomic E-state index is 13.1. The van der Waals surface area contributed by atoms with E-state index >= 15 is 0 Å². The number of benzene rings is 1. The molecule has 29 heavy (non-hydrogen) atoms. The van der Waals surface area contributed by atoms with Crippen LogP contribution in [0.1, 0.15) is 40.5 Å². The lowest BCUT2D eigenvalue weighted by Gasteiger charge is -2.31. The van der Waals surface area contributed by atoms with Gasteiger partial charge in [0.25, 0.3) is 5.91 Å². The molecule has 0 spiro atoms. The van der Waals surface area contributed by atoms with Crippen LogP contribution >= 0.6 is 22.9 Å². The standard InChI is InChI=1S/C22H23ClN2O3S/c23-16-8-6-15(7-9-16)19-18(20(26)17-5-4-14-29-17)21(27)22(28)25(19)13-12-24-10-2-1-3-11-24/h4-9,14,19,27H,1-3,10-13H2. The molecule has 1 atom stereocenters. The summed E-state index contributed by atoms with van der Waals surface area (Å²) in [6.45, 7) is 3.23. The molecule has 7 heteroatoms. The van der Waals surface area contributed by atoms with E-state index in [1.807, 2.05) is 17.5 Å². The highest BCUT2D eigenvalue weighted by molar-refractivity contribution is 7.12. The molecule has 3 heterocycles. The van der Waals surface area contributed by atoms with Gasteiger partial charge >= 0.3 is 0 Å². The Kier molecular flexibility index (Phi) is 6.04.